The molecule has 1 N–H and O–H groups in total. The van der Waals surface area contributed by atoms with Gasteiger partial charge in [-0.05, 0) is 111 Å². The van der Waals surface area contributed by atoms with E-state index in [-0.39, 0.29) is 12.1 Å². The minimum atomic E-state index is -0.122. The van der Waals surface area contributed by atoms with Crippen LogP contribution < -0.4 is 0 Å². The maximum Gasteiger partial charge on any atom is 0.305 e. The Kier molecular flexibility index (Phi) is 10.5. The van der Waals surface area contributed by atoms with Gasteiger partial charge in [0.05, 0.1) is 12.7 Å². The van der Waals surface area contributed by atoms with Crippen molar-refractivity contribution in [1.29, 1.82) is 0 Å². The number of allylic oxidation sites excluding steroid dienone is 1. The van der Waals surface area contributed by atoms with E-state index in [1.165, 1.54) is 64.2 Å². The van der Waals surface area contributed by atoms with E-state index in [1.807, 2.05) is 0 Å². The molecule has 214 valence electrons. The molecule has 4 rings (SSSR count). The van der Waals surface area contributed by atoms with Crippen LogP contribution >= 0.6 is 0 Å². The van der Waals surface area contributed by atoms with Gasteiger partial charge in [0.2, 0.25) is 0 Å². The molecule has 0 bridgehead atoms. The van der Waals surface area contributed by atoms with Crippen LogP contribution in [0.2, 0.25) is 0 Å². The van der Waals surface area contributed by atoms with E-state index >= 15 is 0 Å². The second kappa shape index (κ2) is 13.4. The summed E-state index contributed by atoms with van der Waals surface area (Å²) in [5, 5.41) is 10.3. The first-order valence-electron chi connectivity index (χ1n) is 16.3. The van der Waals surface area contributed by atoms with E-state index in [0.717, 1.165) is 68.6 Å². The number of aliphatic hydroxyl groups excluding tert-OH is 1. The molecule has 4 aliphatic carbocycles. The Morgan fingerprint density at radius 1 is 1.05 bits per heavy atom. The lowest BCUT2D eigenvalue weighted by molar-refractivity contribution is -0.144. The summed E-state index contributed by atoms with van der Waals surface area (Å²) in [6.07, 6.45) is 28.1. The quantitative estimate of drug-likeness (QED) is 0.113. The molecule has 0 radical (unpaired) electrons. The van der Waals surface area contributed by atoms with Crippen molar-refractivity contribution in [3.8, 4) is 12.3 Å². The first-order valence-corrected chi connectivity index (χ1v) is 16.3. The van der Waals surface area contributed by atoms with Gasteiger partial charge in [-0.25, -0.2) is 0 Å². The molecule has 0 aliphatic heterocycles. The van der Waals surface area contributed by atoms with Crippen molar-refractivity contribution in [3.63, 3.8) is 0 Å². The van der Waals surface area contributed by atoms with Gasteiger partial charge in [-0.15, -0.1) is 12.3 Å². The van der Waals surface area contributed by atoms with Gasteiger partial charge < -0.3 is 9.84 Å². The summed E-state index contributed by atoms with van der Waals surface area (Å²) in [5.41, 5.74) is 2.30. The van der Waals surface area contributed by atoms with Gasteiger partial charge in [0.15, 0.2) is 0 Å². The summed E-state index contributed by atoms with van der Waals surface area (Å²) in [6, 6.07) is 0. The second-order valence-corrected chi connectivity index (χ2v) is 14.0. The molecule has 3 fully saturated rings. The first kappa shape index (κ1) is 29.7. The van der Waals surface area contributed by atoms with Gasteiger partial charge in [-0.3, -0.25) is 4.79 Å². The van der Waals surface area contributed by atoms with Crippen LogP contribution in [-0.2, 0) is 9.53 Å². The number of fused-ring (bicyclic) bond motifs is 5. The lowest BCUT2D eigenvalue weighted by Crippen LogP contribution is -2.50. The Bertz CT molecular complexity index is 854. The zero-order chi connectivity index (χ0) is 27.2. The minimum absolute atomic E-state index is 0.00639. The first-order chi connectivity index (χ1) is 18.3. The summed E-state index contributed by atoms with van der Waals surface area (Å²) >= 11 is 0. The standard InChI is InChI=1S/C35H56O3/c1-5-6-7-8-9-10-11-12-13-24-38-33(37)19-14-26(2)30-17-18-31-29-16-15-27-25-28(36)20-22-34(27,3)32(29)21-23-35(30,31)4/h1,15,26,28-32,36H,6-14,16-25H2,2-4H3. The van der Waals surface area contributed by atoms with Crippen LogP contribution in [0.15, 0.2) is 11.6 Å². The third kappa shape index (κ3) is 6.54. The molecule has 3 saturated carbocycles. The molecule has 4 aliphatic rings. The van der Waals surface area contributed by atoms with Crippen molar-refractivity contribution < 1.29 is 14.6 Å². The highest BCUT2D eigenvalue weighted by Crippen LogP contribution is 2.67. The lowest BCUT2D eigenvalue weighted by Gasteiger charge is -2.58. The second-order valence-electron chi connectivity index (χ2n) is 14.0. The van der Waals surface area contributed by atoms with Gasteiger partial charge in [-0.2, -0.15) is 0 Å². The topological polar surface area (TPSA) is 46.5 Å². The number of esters is 1. The molecule has 0 spiro atoms. The summed E-state index contributed by atoms with van der Waals surface area (Å²) in [5.74, 6) is 6.45. The molecule has 0 amide bonds. The van der Waals surface area contributed by atoms with Gasteiger partial charge in [-0.1, -0.05) is 64.5 Å². The maximum absolute atomic E-state index is 12.5. The summed E-state index contributed by atoms with van der Waals surface area (Å²) in [4.78, 5) is 12.5. The van der Waals surface area contributed by atoms with Crippen LogP contribution in [0.4, 0.5) is 0 Å². The number of aliphatic hydroxyl groups is 1. The Morgan fingerprint density at radius 3 is 2.55 bits per heavy atom. The molecule has 0 saturated heterocycles. The highest BCUT2D eigenvalue weighted by molar-refractivity contribution is 5.69. The fraction of sp³-hybridized carbons (Fsp3) is 0.857. The van der Waals surface area contributed by atoms with Gasteiger partial charge in [0.1, 0.15) is 0 Å². The van der Waals surface area contributed by atoms with Crippen molar-refractivity contribution >= 4 is 5.97 Å². The Morgan fingerprint density at radius 2 is 1.79 bits per heavy atom. The summed E-state index contributed by atoms with van der Waals surface area (Å²) < 4.78 is 5.60. The SMILES string of the molecule is C#CCCCCCCCCCOC(=O)CCC(C)C1CCC2C3CC=C4CC(O)CCC4(C)C3CCC12C. The van der Waals surface area contributed by atoms with Gasteiger partial charge in [0, 0.05) is 12.8 Å². The predicted molar refractivity (Wildman–Crippen MR) is 156 cm³/mol. The number of ether oxygens (including phenoxy) is 1. The van der Waals surface area contributed by atoms with Gasteiger partial charge >= 0.3 is 5.97 Å². The molecule has 0 aromatic heterocycles. The predicted octanol–water partition coefficient (Wildman–Crippen LogP) is 8.64. The van der Waals surface area contributed by atoms with E-state index < -0.39 is 0 Å². The van der Waals surface area contributed by atoms with E-state index in [0.29, 0.717) is 29.8 Å². The zero-order valence-electron chi connectivity index (χ0n) is 24.8. The monoisotopic (exact) mass is 524 g/mol. The zero-order valence-corrected chi connectivity index (χ0v) is 24.8. The van der Waals surface area contributed by atoms with Crippen molar-refractivity contribution in [2.45, 2.75) is 142 Å². The van der Waals surface area contributed by atoms with E-state index in [2.05, 4.69) is 32.8 Å². The normalized spacial score (nSPS) is 36.8. The highest BCUT2D eigenvalue weighted by atomic mass is 16.5. The third-order valence-corrected chi connectivity index (χ3v) is 11.9. The van der Waals surface area contributed by atoms with Crippen LogP contribution in [0.5, 0.6) is 0 Å². The number of unbranched alkanes of at least 4 members (excludes halogenated alkanes) is 7. The number of carbonyl (C=O) groups excluding carboxylic acids is 1. The van der Waals surface area contributed by atoms with E-state index in [9.17, 15) is 9.90 Å². The molecule has 8 atom stereocenters. The summed E-state index contributed by atoms with van der Waals surface area (Å²) in [7, 11) is 0. The van der Waals surface area contributed by atoms with Crippen molar-refractivity contribution in [2.75, 3.05) is 6.61 Å². The average Bonchev–Trinajstić information content (AvgIpc) is 3.26. The van der Waals surface area contributed by atoms with Crippen LogP contribution in [0, 0.1) is 52.8 Å². The Balaban J connectivity index is 1.18. The van der Waals surface area contributed by atoms with Crippen molar-refractivity contribution in [2.24, 2.45) is 40.4 Å². The molecule has 0 heterocycles. The minimum Gasteiger partial charge on any atom is -0.466 e. The lowest BCUT2D eigenvalue weighted by atomic mass is 9.47. The molecule has 8 unspecified atom stereocenters. The fourth-order valence-electron chi connectivity index (χ4n) is 9.63. The number of hydrogen-bond acceptors (Lipinski definition) is 3. The molecular formula is C35H56O3. The van der Waals surface area contributed by atoms with Crippen molar-refractivity contribution in [1.82, 2.24) is 0 Å². The molecule has 0 aromatic rings. The molecule has 3 heteroatoms. The summed E-state index contributed by atoms with van der Waals surface area (Å²) in [6.45, 7) is 8.11. The maximum atomic E-state index is 12.5. The van der Waals surface area contributed by atoms with Crippen LogP contribution in [0.1, 0.15) is 136 Å². The number of carbonyl (C=O) groups is 1. The van der Waals surface area contributed by atoms with Crippen molar-refractivity contribution in [3.05, 3.63) is 11.6 Å². The Hall–Kier alpha value is -1.27. The molecule has 3 nitrogen and oxygen atoms in total. The van der Waals surface area contributed by atoms with E-state index in [4.69, 9.17) is 11.2 Å². The smallest absolute Gasteiger partial charge is 0.305 e. The third-order valence-electron chi connectivity index (χ3n) is 11.9. The molecular weight excluding hydrogens is 468 g/mol. The number of terminal acetylenes is 1. The molecule has 0 aromatic carbocycles. The molecule has 38 heavy (non-hydrogen) atoms. The fourth-order valence-corrected chi connectivity index (χ4v) is 9.63. The number of rotatable bonds is 13. The number of hydrogen-bond donors (Lipinski definition) is 1. The largest absolute Gasteiger partial charge is 0.466 e. The van der Waals surface area contributed by atoms with Crippen LogP contribution in [0.25, 0.3) is 0 Å². The Labute approximate surface area is 234 Å². The van der Waals surface area contributed by atoms with Gasteiger partial charge in [0.25, 0.3) is 0 Å². The highest BCUT2D eigenvalue weighted by Gasteiger charge is 2.59. The van der Waals surface area contributed by atoms with Crippen LogP contribution in [0.3, 0.4) is 0 Å². The van der Waals surface area contributed by atoms with E-state index in [1.54, 1.807) is 5.57 Å². The van der Waals surface area contributed by atoms with Crippen LogP contribution in [-0.4, -0.2) is 23.8 Å². The average molecular weight is 525 g/mol.